The predicted molar refractivity (Wildman–Crippen MR) is 144 cm³/mol. The number of rotatable bonds is 8. The van der Waals surface area contributed by atoms with Gasteiger partial charge in [-0.25, -0.2) is 9.78 Å². The number of benzene rings is 3. The minimum atomic E-state index is -0.428. The number of ether oxygens (including phenoxy) is 2. The lowest BCUT2D eigenvalue weighted by molar-refractivity contribution is -0.142. The minimum Gasteiger partial charge on any atom is -0.482 e. The van der Waals surface area contributed by atoms with Crippen LogP contribution in [-0.4, -0.2) is 29.2 Å². The summed E-state index contributed by atoms with van der Waals surface area (Å²) in [5.41, 5.74) is 3.65. The molecule has 1 aromatic heterocycles. The first-order valence-electron chi connectivity index (χ1n) is 10.7. The van der Waals surface area contributed by atoms with Gasteiger partial charge in [0.15, 0.2) is 6.61 Å². The van der Waals surface area contributed by atoms with E-state index in [1.807, 2.05) is 72.9 Å². The Bertz CT molecular complexity index is 1350. The highest BCUT2D eigenvalue weighted by atomic mass is 79.9. The van der Waals surface area contributed by atoms with E-state index in [1.165, 1.54) is 7.11 Å². The zero-order chi connectivity index (χ0) is 24.8. The van der Waals surface area contributed by atoms with Crippen LogP contribution in [0.3, 0.4) is 0 Å². The topological polar surface area (TPSA) is 53.4 Å². The van der Waals surface area contributed by atoms with E-state index in [-0.39, 0.29) is 6.61 Å². The fraction of sp³-hybridized carbons (Fsp3) is 0.111. The van der Waals surface area contributed by atoms with E-state index in [9.17, 15) is 4.79 Å². The molecule has 5 nitrogen and oxygen atoms in total. The first-order chi connectivity index (χ1) is 16.9. The van der Waals surface area contributed by atoms with Gasteiger partial charge >= 0.3 is 5.97 Å². The molecule has 4 rings (SSSR count). The average molecular weight is 572 g/mol. The van der Waals surface area contributed by atoms with Crippen LogP contribution >= 0.6 is 39.1 Å². The molecule has 0 aliphatic carbocycles. The SMILES string of the molecule is COC(=O)COc1ccc(Cn2cc(-c3ccc(Cl)cc3Cl)nc2C=Cc2ccc(Br)cc2)cc1. The van der Waals surface area contributed by atoms with Gasteiger partial charge in [0.2, 0.25) is 0 Å². The quantitative estimate of drug-likeness (QED) is 0.207. The van der Waals surface area contributed by atoms with Gasteiger partial charge in [-0.15, -0.1) is 0 Å². The molecule has 3 aromatic carbocycles. The van der Waals surface area contributed by atoms with E-state index >= 15 is 0 Å². The van der Waals surface area contributed by atoms with Crippen molar-refractivity contribution in [3.8, 4) is 17.0 Å². The van der Waals surface area contributed by atoms with Crippen molar-refractivity contribution < 1.29 is 14.3 Å². The third kappa shape index (κ3) is 6.75. The number of imidazole rings is 1. The van der Waals surface area contributed by atoms with Crippen molar-refractivity contribution in [3.05, 3.63) is 104 Å². The summed E-state index contributed by atoms with van der Waals surface area (Å²) >= 11 is 16.0. The molecule has 0 unspecified atom stereocenters. The van der Waals surface area contributed by atoms with Gasteiger partial charge in [-0.2, -0.15) is 0 Å². The van der Waals surface area contributed by atoms with E-state index in [0.717, 1.165) is 32.7 Å². The van der Waals surface area contributed by atoms with E-state index in [4.69, 9.17) is 32.9 Å². The molecule has 0 aliphatic rings. The third-order valence-electron chi connectivity index (χ3n) is 5.17. The van der Waals surface area contributed by atoms with E-state index in [0.29, 0.717) is 22.3 Å². The summed E-state index contributed by atoms with van der Waals surface area (Å²) in [5.74, 6) is 0.941. The number of hydrogen-bond donors (Lipinski definition) is 0. The van der Waals surface area contributed by atoms with Gasteiger partial charge in [0.25, 0.3) is 0 Å². The average Bonchev–Trinajstić information content (AvgIpc) is 3.25. The number of hydrogen-bond acceptors (Lipinski definition) is 4. The fourth-order valence-corrected chi connectivity index (χ4v) is 4.12. The Hall–Kier alpha value is -3.06. The summed E-state index contributed by atoms with van der Waals surface area (Å²) in [7, 11) is 1.33. The second-order valence-electron chi connectivity index (χ2n) is 7.63. The number of carbonyl (C=O) groups excluding carboxylic acids is 1. The molecule has 4 aromatic rings. The van der Waals surface area contributed by atoms with Gasteiger partial charge in [-0.1, -0.05) is 69.5 Å². The van der Waals surface area contributed by atoms with Crippen molar-refractivity contribution in [2.75, 3.05) is 13.7 Å². The molecule has 0 spiro atoms. The van der Waals surface area contributed by atoms with Crippen molar-refractivity contribution in [1.82, 2.24) is 9.55 Å². The molecule has 0 aliphatic heterocycles. The first-order valence-corrected chi connectivity index (χ1v) is 12.2. The molecule has 178 valence electrons. The number of aromatic nitrogens is 2. The van der Waals surface area contributed by atoms with Crippen molar-refractivity contribution >= 4 is 57.3 Å². The largest absolute Gasteiger partial charge is 0.482 e. The summed E-state index contributed by atoms with van der Waals surface area (Å²) in [6.45, 7) is 0.448. The highest BCUT2D eigenvalue weighted by Gasteiger charge is 2.12. The van der Waals surface area contributed by atoms with Crippen LogP contribution in [0.5, 0.6) is 5.75 Å². The van der Waals surface area contributed by atoms with Gasteiger partial charge < -0.3 is 14.0 Å². The zero-order valence-electron chi connectivity index (χ0n) is 18.8. The van der Waals surface area contributed by atoms with Gasteiger partial charge in [0.1, 0.15) is 11.6 Å². The van der Waals surface area contributed by atoms with Gasteiger partial charge in [0.05, 0.1) is 17.8 Å². The van der Waals surface area contributed by atoms with E-state index in [1.54, 1.807) is 12.1 Å². The van der Waals surface area contributed by atoms with Crippen LogP contribution in [0.4, 0.5) is 0 Å². The van der Waals surface area contributed by atoms with Gasteiger partial charge in [0, 0.05) is 27.8 Å². The lowest BCUT2D eigenvalue weighted by Crippen LogP contribution is -2.12. The Kier molecular flexibility index (Phi) is 8.29. The molecular weight excluding hydrogens is 551 g/mol. The van der Waals surface area contributed by atoms with Crippen LogP contribution < -0.4 is 4.74 Å². The summed E-state index contributed by atoms with van der Waals surface area (Å²) < 4.78 is 13.1. The van der Waals surface area contributed by atoms with Crippen LogP contribution in [0.1, 0.15) is 17.0 Å². The molecule has 0 saturated carbocycles. The predicted octanol–water partition coefficient (Wildman–Crippen LogP) is 7.39. The maximum Gasteiger partial charge on any atom is 0.343 e. The minimum absolute atomic E-state index is 0.131. The molecule has 0 fully saturated rings. The van der Waals surface area contributed by atoms with Crippen LogP contribution in [0, 0.1) is 0 Å². The van der Waals surface area contributed by atoms with Crippen LogP contribution in [0.25, 0.3) is 23.4 Å². The fourth-order valence-electron chi connectivity index (χ4n) is 3.35. The molecule has 0 atom stereocenters. The summed E-state index contributed by atoms with van der Waals surface area (Å²) in [4.78, 5) is 16.1. The maximum atomic E-state index is 11.3. The van der Waals surface area contributed by atoms with Crippen LogP contribution in [0.2, 0.25) is 10.0 Å². The summed E-state index contributed by atoms with van der Waals surface area (Å²) in [5, 5.41) is 1.11. The second-order valence-corrected chi connectivity index (χ2v) is 9.39. The highest BCUT2D eigenvalue weighted by Crippen LogP contribution is 2.30. The Morgan fingerprint density at radius 2 is 1.77 bits per heavy atom. The molecular formula is C27H21BrCl2N2O3. The molecule has 0 bridgehead atoms. The van der Waals surface area contributed by atoms with E-state index < -0.39 is 5.97 Å². The standard InChI is InChI=1S/C27H21BrCl2N2O3/c1-34-27(33)17-35-22-10-4-19(5-11-22)15-32-16-25(23-12-9-21(29)14-24(23)30)31-26(32)13-6-18-2-7-20(28)8-3-18/h2-14,16H,15,17H2,1H3. The number of carbonyl (C=O) groups is 1. The van der Waals surface area contributed by atoms with Crippen molar-refractivity contribution in [2.45, 2.75) is 6.54 Å². The number of esters is 1. The molecule has 35 heavy (non-hydrogen) atoms. The lowest BCUT2D eigenvalue weighted by atomic mass is 10.2. The Balaban J connectivity index is 1.61. The monoisotopic (exact) mass is 570 g/mol. The Morgan fingerprint density at radius 1 is 1.03 bits per heavy atom. The summed E-state index contributed by atoms with van der Waals surface area (Å²) in [6.07, 6.45) is 5.96. The number of nitrogens with zero attached hydrogens (tertiary/aromatic N) is 2. The molecule has 0 radical (unpaired) electrons. The Morgan fingerprint density at radius 3 is 2.46 bits per heavy atom. The van der Waals surface area contributed by atoms with Crippen LogP contribution in [-0.2, 0) is 16.1 Å². The van der Waals surface area contributed by atoms with Crippen molar-refractivity contribution in [2.24, 2.45) is 0 Å². The third-order valence-corrected chi connectivity index (χ3v) is 6.25. The van der Waals surface area contributed by atoms with E-state index in [2.05, 4.69) is 25.2 Å². The second kappa shape index (κ2) is 11.6. The zero-order valence-corrected chi connectivity index (χ0v) is 21.8. The van der Waals surface area contributed by atoms with Crippen molar-refractivity contribution in [3.63, 3.8) is 0 Å². The Labute approximate surface area is 222 Å². The summed E-state index contributed by atoms with van der Waals surface area (Å²) in [6, 6.07) is 21.0. The molecule has 0 amide bonds. The molecule has 0 N–H and O–H groups in total. The number of methoxy groups -OCH3 is 1. The van der Waals surface area contributed by atoms with Gasteiger partial charge in [-0.05, 0) is 59.7 Å². The maximum absolute atomic E-state index is 11.3. The van der Waals surface area contributed by atoms with Crippen molar-refractivity contribution in [1.29, 1.82) is 0 Å². The number of halogens is 3. The van der Waals surface area contributed by atoms with Crippen LogP contribution in [0.15, 0.2) is 77.4 Å². The van der Waals surface area contributed by atoms with Gasteiger partial charge in [-0.3, -0.25) is 0 Å². The molecule has 0 saturated heterocycles. The first kappa shape index (κ1) is 25.0. The normalized spacial score (nSPS) is 11.1. The smallest absolute Gasteiger partial charge is 0.343 e. The molecule has 8 heteroatoms. The highest BCUT2D eigenvalue weighted by molar-refractivity contribution is 9.10. The lowest BCUT2D eigenvalue weighted by Gasteiger charge is -2.08. The molecule has 1 heterocycles.